The van der Waals surface area contributed by atoms with E-state index in [1.807, 2.05) is 25.1 Å². The summed E-state index contributed by atoms with van der Waals surface area (Å²) in [6.45, 7) is 2.43. The van der Waals surface area contributed by atoms with E-state index in [-0.39, 0.29) is 11.3 Å². The molecular weight excluding hydrogens is 428 g/mol. The Labute approximate surface area is 187 Å². The smallest absolute Gasteiger partial charge is 0.302 e. The Hall–Kier alpha value is -3.91. The molecule has 1 N–H and O–H groups in total. The fraction of sp³-hybridized carbons (Fsp3) is 0.125. The van der Waals surface area contributed by atoms with Crippen LogP contribution < -0.4 is 9.64 Å². The number of carbonyl (C=O) groups is 2. The first-order valence-electron chi connectivity index (χ1n) is 10.0. The summed E-state index contributed by atoms with van der Waals surface area (Å²) in [5.74, 6) is -0.762. The van der Waals surface area contributed by atoms with Gasteiger partial charge in [-0.05, 0) is 37.3 Å². The second kappa shape index (κ2) is 7.97. The number of benzene rings is 2. The number of aromatic nitrogens is 1. The van der Waals surface area contributed by atoms with Gasteiger partial charge in [0.2, 0.25) is 0 Å². The molecular formula is C24H18N2O5S. The number of carbonyl (C=O) groups excluding carboxylic acids is 2. The van der Waals surface area contributed by atoms with Crippen LogP contribution in [0.4, 0.5) is 5.13 Å². The highest BCUT2D eigenvalue weighted by Crippen LogP contribution is 2.44. The highest BCUT2D eigenvalue weighted by atomic mass is 32.1. The zero-order chi connectivity index (χ0) is 22.2. The monoisotopic (exact) mass is 446 g/mol. The van der Waals surface area contributed by atoms with Crippen LogP contribution in [0.15, 0.2) is 76.9 Å². The lowest BCUT2D eigenvalue weighted by molar-refractivity contribution is -0.132. The van der Waals surface area contributed by atoms with Gasteiger partial charge in [0.05, 0.1) is 28.7 Å². The van der Waals surface area contributed by atoms with E-state index in [9.17, 15) is 14.7 Å². The van der Waals surface area contributed by atoms with Crippen molar-refractivity contribution in [1.82, 2.24) is 4.98 Å². The highest BCUT2D eigenvalue weighted by molar-refractivity contribution is 7.22. The summed E-state index contributed by atoms with van der Waals surface area (Å²) in [4.78, 5) is 32.1. The van der Waals surface area contributed by atoms with E-state index in [0.29, 0.717) is 34.3 Å². The van der Waals surface area contributed by atoms with Crippen LogP contribution in [0.1, 0.15) is 24.3 Å². The first-order chi connectivity index (χ1) is 15.6. The number of hydrogen-bond acceptors (Lipinski definition) is 7. The number of amides is 1. The normalized spacial score (nSPS) is 17.9. The lowest BCUT2D eigenvalue weighted by Gasteiger charge is -2.20. The molecule has 3 heterocycles. The Morgan fingerprint density at radius 2 is 1.97 bits per heavy atom. The lowest BCUT2D eigenvalue weighted by atomic mass is 9.99. The Morgan fingerprint density at radius 1 is 1.16 bits per heavy atom. The van der Waals surface area contributed by atoms with Gasteiger partial charge in [-0.25, -0.2) is 4.98 Å². The second-order valence-corrected chi connectivity index (χ2v) is 8.12. The maximum atomic E-state index is 13.1. The summed E-state index contributed by atoms with van der Waals surface area (Å²) in [6.07, 6.45) is 1.46. The number of ketones is 1. The summed E-state index contributed by atoms with van der Waals surface area (Å²) in [6, 6.07) is 16.5. The molecule has 2 aromatic carbocycles. The fourth-order valence-corrected chi connectivity index (χ4v) is 4.77. The van der Waals surface area contributed by atoms with E-state index in [1.165, 1.54) is 22.5 Å². The molecule has 1 fully saturated rings. The third-order valence-corrected chi connectivity index (χ3v) is 6.19. The van der Waals surface area contributed by atoms with Crippen LogP contribution in [-0.2, 0) is 9.59 Å². The number of fused-ring (bicyclic) bond motifs is 1. The van der Waals surface area contributed by atoms with Gasteiger partial charge in [-0.15, -0.1) is 0 Å². The predicted molar refractivity (Wildman–Crippen MR) is 121 cm³/mol. The van der Waals surface area contributed by atoms with Gasteiger partial charge >= 0.3 is 5.91 Å². The predicted octanol–water partition coefficient (Wildman–Crippen LogP) is 4.91. The molecule has 0 aliphatic carbocycles. The van der Waals surface area contributed by atoms with Gasteiger partial charge in [0.15, 0.2) is 5.13 Å². The number of rotatable bonds is 5. The molecule has 4 aromatic rings. The van der Waals surface area contributed by atoms with Crippen molar-refractivity contribution in [2.75, 3.05) is 11.5 Å². The topological polar surface area (TPSA) is 92.9 Å². The number of hydrogen-bond donors (Lipinski definition) is 1. The highest BCUT2D eigenvalue weighted by Gasteiger charge is 2.49. The Morgan fingerprint density at radius 3 is 2.69 bits per heavy atom. The minimum atomic E-state index is -0.933. The first-order valence-corrected chi connectivity index (χ1v) is 10.8. The quantitative estimate of drug-likeness (QED) is 0.266. The SMILES string of the molecule is CCOc1ccc2nc(N3C(=O)C(=O)C(=C(O)c4ccccc4)C3c3ccco3)sc2c1. The molecule has 7 nitrogen and oxygen atoms in total. The minimum absolute atomic E-state index is 0.0367. The lowest BCUT2D eigenvalue weighted by Crippen LogP contribution is -2.29. The standard InChI is InChI=1S/C24H18N2O5S/c1-2-30-15-10-11-16-18(13-15)32-24(25-16)26-20(17-9-6-12-31-17)19(22(28)23(26)29)21(27)14-7-4-3-5-8-14/h3-13,20,27H,2H2,1H3. The van der Waals surface area contributed by atoms with Gasteiger partial charge in [-0.1, -0.05) is 41.7 Å². The third-order valence-electron chi connectivity index (χ3n) is 5.17. The van der Waals surface area contributed by atoms with E-state index in [1.54, 1.807) is 42.5 Å². The molecule has 0 spiro atoms. The maximum Gasteiger partial charge on any atom is 0.302 e. The van der Waals surface area contributed by atoms with Gasteiger partial charge in [0, 0.05) is 5.56 Å². The number of anilines is 1. The molecule has 8 heteroatoms. The Bertz CT molecular complexity index is 1340. The molecule has 1 amide bonds. The van der Waals surface area contributed by atoms with Crippen LogP contribution in [0.3, 0.4) is 0 Å². The van der Waals surface area contributed by atoms with Crippen molar-refractivity contribution in [3.05, 3.63) is 83.8 Å². The number of aliphatic hydroxyl groups is 1. The van der Waals surface area contributed by atoms with Crippen LogP contribution >= 0.6 is 11.3 Å². The number of ether oxygens (including phenoxy) is 1. The van der Waals surface area contributed by atoms with Gasteiger partial charge < -0.3 is 14.3 Å². The molecule has 5 rings (SSSR count). The van der Waals surface area contributed by atoms with Crippen LogP contribution in [0.2, 0.25) is 0 Å². The van der Waals surface area contributed by atoms with Gasteiger partial charge in [0.25, 0.3) is 5.78 Å². The van der Waals surface area contributed by atoms with Crippen molar-refractivity contribution in [1.29, 1.82) is 0 Å². The van der Waals surface area contributed by atoms with Crippen LogP contribution in [0.5, 0.6) is 5.75 Å². The van der Waals surface area contributed by atoms with Gasteiger partial charge in [-0.2, -0.15) is 0 Å². The van der Waals surface area contributed by atoms with E-state index < -0.39 is 17.7 Å². The van der Waals surface area contributed by atoms with E-state index >= 15 is 0 Å². The van der Waals surface area contributed by atoms with Crippen molar-refractivity contribution < 1.29 is 23.8 Å². The van der Waals surface area contributed by atoms with E-state index in [2.05, 4.69) is 4.98 Å². The summed E-state index contributed by atoms with van der Waals surface area (Å²) < 4.78 is 11.9. The average molecular weight is 446 g/mol. The number of thiazole rings is 1. The molecule has 1 aliphatic rings. The largest absolute Gasteiger partial charge is 0.507 e. The Balaban J connectivity index is 1.67. The van der Waals surface area contributed by atoms with E-state index in [4.69, 9.17) is 9.15 Å². The van der Waals surface area contributed by atoms with Crippen molar-refractivity contribution >= 4 is 44.1 Å². The van der Waals surface area contributed by atoms with Crippen LogP contribution in [-0.4, -0.2) is 28.4 Å². The fourth-order valence-electron chi connectivity index (χ4n) is 3.75. The van der Waals surface area contributed by atoms with Gasteiger partial charge in [-0.3, -0.25) is 14.5 Å². The summed E-state index contributed by atoms with van der Waals surface area (Å²) in [5.41, 5.74) is 1.08. The van der Waals surface area contributed by atoms with Crippen molar-refractivity contribution in [3.8, 4) is 5.75 Å². The summed E-state index contributed by atoms with van der Waals surface area (Å²) in [5, 5.41) is 11.3. The first kappa shape index (κ1) is 20.0. The average Bonchev–Trinajstić information content (AvgIpc) is 3.53. The zero-order valence-electron chi connectivity index (χ0n) is 17.0. The molecule has 2 aromatic heterocycles. The van der Waals surface area contributed by atoms with Crippen LogP contribution in [0.25, 0.3) is 16.0 Å². The number of furan rings is 1. The minimum Gasteiger partial charge on any atom is -0.507 e. The second-order valence-electron chi connectivity index (χ2n) is 7.11. The molecule has 1 aliphatic heterocycles. The molecule has 0 saturated carbocycles. The number of Topliss-reactive ketones (excluding diaryl/α,β-unsaturated/α-hetero) is 1. The third kappa shape index (κ3) is 3.25. The molecule has 160 valence electrons. The molecule has 1 unspecified atom stereocenters. The summed E-state index contributed by atoms with van der Waals surface area (Å²) in [7, 11) is 0. The van der Waals surface area contributed by atoms with Gasteiger partial charge in [0.1, 0.15) is 23.3 Å². The summed E-state index contributed by atoms with van der Waals surface area (Å²) >= 11 is 1.27. The van der Waals surface area contributed by atoms with E-state index in [0.717, 1.165) is 4.70 Å². The molecule has 1 saturated heterocycles. The molecule has 32 heavy (non-hydrogen) atoms. The van der Waals surface area contributed by atoms with Crippen molar-refractivity contribution in [3.63, 3.8) is 0 Å². The number of aliphatic hydroxyl groups excluding tert-OH is 1. The molecule has 0 radical (unpaired) electrons. The Kier molecular flexibility index (Phi) is 4.99. The van der Waals surface area contributed by atoms with Crippen molar-refractivity contribution in [2.24, 2.45) is 0 Å². The van der Waals surface area contributed by atoms with Crippen molar-refractivity contribution in [2.45, 2.75) is 13.0 Å². The molecule has 1 atom stereocenters. The zero-order valence-corrected chi connectivity index (χ0v) is 17.8. The maximum absolute atomic E-state index is 13.1. The number of nitrogens with zero attached hydrogens (tertiary/aromatic N) is 2. The molecule has 0 bridgehead atoms. The van der Waals surface area contributed by atoms with Crippen LogP contribution in [0, 0.1) is 0 Å².